The van der Waals surface area contributed by atoms with Gasteiger partial charge in [0.1, 0.15) is 0 Å². The smallest absolute Gasteiger partial charge is 0.189 e. The van der Waals surface area contributed by atoms with Gasteiger partial charge < -0.3 is 20.9 Å². The van der Waals surface area contributed by atoms with Gasteiger partial charge in [0.25, 0.3) is 0 Å². The van der Waals surface area contributed by atoms with E-state index in [0.29, 0.717) is 25.1 Å². The molecule has 1 unspecified atom stereocenters. The summed E-state index contributed by atoms with van der Waals surface area (Å²) in [6, 6.07) is 0. The molecule has 1 atom stereocenters. The normalized spacial score (nSPS) is 14.3. The van der Waals surface area contributed by atoms with Crippen LogP contribution in [0.3, 0.4) is 0 Å². The number of nitrogens with zero attached hydrogens (tertiary/aromatic N) is 1. The molecule has 0 aromatic rings. The molecule has 0 radical (unpaired) electrons. The SMILES string of the molecule is CC(C)COCC(O)CN=C(N)NC(C)(C)C.I. The van der Waals surface area contributed by atoms with Crippen molar-refractivity contribution in [2.45, 2.75) is 46.3 Å². The van der Waals surface area contributed by atoms with E-state index in [1.54, 1.807) is 0 Å². The second-order valence-corrected chi connectivity index (χ2v) is 5.69. The number of nitrogens with one attached hydrogen (secondary N) is 1. The molecule has 0 rings (SSSR count). The van der Waals surface area contributed by atoms with E-state index in [1.807, 2.05) is 20.8 Å². The summed E-state index contributed by atoms with van der Waals surface area (Å²) in [6.07, 6.45) is -0.603. The van der Waals surface area contributed by atoms with Crippen molar-refractivity contribution >= 4 is 29.9 Å². The van der Waals surface area contributed by atoms with Gasteiger partial charge in [-0.05, 0) is 26.7 Å². The number of aliphatic imine (C=N–C) groups is 1. The second kappa shape index (κ2) is 9.80. The molecule has 110 valence electrons. The molecule has 0 saturated heterocycles. The first-order chi connectivity index (χ1) is 7.70. The van der Waals surface area contributed by atoms with Crippen LogP contribution in [0.25, 0.3) is 0 Å². The highest BCUT2D eigenvalue weighted by Crippen LogP contribution is 1.98. The van der Waals surface area contributed by atoms with Crippen molar-refractivity contribution < 1.29 is 9.84 Å². The van der Waals surface area contributed by atoms with Gasteiger partial charge in [-0.2, -0.15) is 0 Å². The quantitative estimate of drug-likeness (QED) is 0.373. The van der Waals surface area contributed by atoms with Gasteiger partial charge in [0.15, 0.2) is 5.96 Å². The highest BCUT2D eigenvalue weighted by molar-refractivity contribution is 14.0. The maximum Gasteiger partial charge on any atom is 0.189 e. The third-order valence-electron chi connectivity index (χ3n) is 1.74. The van der Waals surface area contributed by atoms with Crippen molar-refractivity contribution in [3.63, 3.8) is 0 Å². The Balaban J connectivity index is 0. The standard InChI is InChI=1S/C12H27N3O2.HI/c1-9(2)7-17-8-10(16)6-14-11(13)15-12(3,4)5;/h9-10,16H,6-8H2,1-5H3,(H3,13,14,15);1H. The zero-order valence-corrected chi connectivity index (χ0v) is 14.4. The predicted molar refractivity (Wildman–Crippen MR) is 86.5 cm³/mol. The van der Waals surface area contributed by atoms with Gasteiger partial charge in [-0.15, -0.1) is 24.0 Å². The monoisotopic (exact) mass is 373 g/mol. The minimum absolute atomic E-state index is 0. The summed E-state index contributed by atoms with van der Waals surface area (Å²) in [7, 11) is 0. The van der Waals surface area contributed by atoms with Crippen molar-refractivity contribution in [3.05, 3.63) is 0 Å². The fourth-order valence-corrected chi connectivity index (χ4v) is 1.12. The van der Waals surface area contributed by atoms with Crippen molar-refractivity contribution in [3.8, 4) is 0 Å². The Morgan fingerprint density at radius 3 is 2.33 bits per heavy atom. The molecule has 0 aromatic heterocycles. The first kappa shape index (κ1) is 20.2. The highest BCUT2D eigenvalue weighted by atomic mass is 127. The lowest BCUT2D eigenvalue weighted by Crippen LogP contribution is -2.45. The third kappa shape index (κ3) is 14.0. The molecular formula is C12H28IN3O2. The molecule has 0 amide bonds. The number of guanidine groups is 1. The Hall–Kier alpha value is -0.0800. The van der Waals surface area contributed by atoms with Crippen LogP contribution in [0.5, 0.6) is 0 Å². The van der Waals surface area contributed by atoms with Crippen LogP contribution in [0.4, 0.5) is 0 Å². The van der Waals surface area contributed by atoms with Crippen LogP contribution in [-0.4, -0.2) is 42.5 Å². The summed E-state index contributed by atoms with van der Waals surface area (Å²) in [4.78, 5) is 4.06. The van der Waals surface area contributed by atoms with Crippen LogP contribution in [-0.2, 0) is 4.74 Å². The molecule has 0 aromatic carbocycles. The zero-order valence-electron chi connectivity index (χ0n) is 12.1. The van der Waals surface area contributed by atoms with E-state index in [1.165, 1.54) is 0 Å². The topological polar surface area (TPSA) is 79.9 Å². The summed E-state index contributed by atoms with van der Waals surface area (Å²) >= 11 is 0. The van der Waals surface area contributed by atoms with Crippen LogP contribution in [0.15, 0.2) is 4.99 Å². The lowest BCUT2D eigenvalue weighted by atomic mass is 10.1. The first-order valence-corrected chi connectivity index (χ1v) is 6.04. The number of rotatable bonds is 6. The summed E-state index contributed by atoms with van der Waals surface area (Å²) in [6.45, 7) is 11.3. The summed E-state index contributed by atoms with van der Waals surface area (Å²) < 4.78 is 5.31. The number of hydrogen-bond donors (Lipinski definition) is 3. The summed E-state index contributed by atoms with van der Waals surface area (Å²) in [5.74, 6) is 0.818. The molecule has 0 fully saturated rings. The van der Waals surface area contributed by atoms with Crippen molar-refractivity contribution in [1.29, 1.82) is 0 Å². The third-order valence-corrected chi connectivity index (χ3v) is 1.74. The number of aliphatic hydroxyl groups is 1. The molecule has 0 aliphatic heterocycles. The molecule has 0 heterocycles. The number of hydrogen-bond acceptors (Lipinski definition) is 3. The largest absolute Gasteiger partial charge is 0.389 e. The minimum Gasteiger partial charge on any atom is -0.389 e. The van der Waals surface area contributed by atoms with Crippen LogP contribution in [0.1, 0.15) is 34.6 Å². The van der Waals surface area contributed by atoms with E-state index >= 15 is 0 Å². The number of ether oxygens (including phenoxy) is 1. The van der Waals surface area contributed by atoms with Gasteiger partial charge in [0.2, 0.25) is 0 Å². The van der Waals surface area contributed by atoms with Gasteiger partial charge >= 0.3 is 0 Å². The molecule has 18 heavy (non-hydrogen) atoms. The van der Waals surface area contributed by atoms with Gasteiger partial charge in [-0.1, -0.05) is 13.8 Å². The Morgan fingerprint density at radius 2 is 1.89 bits per heavy atom. The van der Waals surface area contributed by atoms with Crippen LogP contribution < -0.4 is 11.1 Å². The average molecular weight is 373 g/mol. The van der Waals surface area contributed by atoms with E-state index < -0.39 is 6.10 Å². The molecule has 5 nitrogen and oxygen atoms in total. The Bertz CT molecular complexity index is 240. The fraction of sp³-hybridized carbons (Fsp3) is 0.917. The maximum absolute atomic E-state index is 9.59. The predicted octanol–water partition coefficient (Wildman–Crippen LogP) is 1.34. The highest BCUT2D eigenvalue weighted by Gasteiger charge is 2.10. The van der Waals surface area contributed by atoms with Gasteiger partial charge in [0.05, 0.1) is 19.3 Å². The minimum atomic E-state index is -0.603. The van der Waals surface area contributed by atoms with E-state index in [9.17, 15) is 5.11 Å². The van der Waals surface area contributed by atoms with Crippen LogP contribution in [0, 0.1) is 5.92 Å². The Morgan fingerprint density at radius 1 is 1.33 bits per heavy atom. The van der Waals surface area contributed by atoms with E-state index in [2.05, 4.69) is 24.2 Å². The number of halogens is 1. The van der Waals surface area contributed by atoms with Crippen LogP contribution in [0.2, 0.25) is 0 Å². The zero-order chi connectivity index (χ0) is 13.5. The molecule has 0 spiro atoms. The Labute approximate surface area is 128 Å². The number of nitrogens with two attached hydrogens (primary N) is 1. The average Bonchev–Trinajstić information content (AvgIpc) is 2.11. The van der Waals surface area contributed by atoms with Gasteiger partial charge in [0, 0.05) is 12.1 Å². The van der Waals surface area contributed by atoms with Gasteiger partial charge in [-0.3, -0.25) is 4.99 Å². The van der Waals surface area contributed by atoms with Crippen LogP contribution >= 0.6 is 24.0 Å². The van der Waals surface area contributed by atoms with E-state index in [0.717, 1.165) is 0 Å². The first-order valence-electron chi connectivity index (χ1n) is 6.04. The van der Waals surface area contributed by atoms with Gasteiger partial charge in [-0.25, -0.2) is 0 Å². The van der Waals surface area contributed by atoms with Crippen molar-refractivity contribution in [2.24, 2.45) is 16.6 Å². The lowest BCUT2D eigenvalue weighted by molar-refractivity contribution is 0.0301. The molecule has 4 N–H and O–H groups in total. The fourth-order valence-electron chi connectivity index (χ4n) is 1.12. The Kier molecular flexibility index (Phi) is 11.0. The maximum atomic E-state index is 9.59. The molecular weight excluding hydrogens is 345 g/mol. The molecule has 6 heteroatoms. The molecule has 0 aliphatic carbocycles. The summed E-state index contributed by atoms with van der Waals surface area (Å²) in [5, 5.41) is 12.6. The van der Waals surface area contributed by atoms with Crippen molar-refractivity contribution in [1.82, 2.24) is 5.32 Å². The summed E-state index contributed by atoms with van der Waals surface area (Å²) in [5.41, 5.74) is 5.55. The second-order valence-electron chi connectivity index (χ2n) is 5.69. The molecule has 0 saturated carbocycles. The molecule has 0 aliphatic rings. The van der Waals surface area contributed by atoms with E-state index in [-0.39, 0.29) is 36.1 Å². The number of aliphatic hydroxyl groups excluding tert-OH is 1. The molecule has 0 bridgehead atoms. The van der Waals surface area contributed by atoms with E-state index in [4.69, 9.17) is 10.5 Å². The van der Waals surface area contributed by atoms with Crippen molar-refractivity contribution in [2.75, 3.05) is 19.8 Å². The lowest BCUT2D eigenvalue weighted by Gasteiger charge is -2.21.